The summed E-state index contributed by atoms with van der Waals surface area (Å²) in [4.78, 5) is 22.5. The van der Waals surface area contributed by atoms with Crippen LogP contribution in [0.4, 0.5) is 0 Å². The van der Waals surface area contributed by atoms with Gasteiger partial charge in [-0.2, -0.15) is 0 Å². The molecule has 0 saturated carbocycles. The maximum absolute atomic E-state index is 12.7. The molecular formula is C18H17N3O4. The average molecular weight is 339 g/mol. The molecule has 1 aromatic carbocycles. The Morgan fingerprint density at radius 2 is 2.12 bits per heavy atom. The lowest BCUT2D eigenvalue weighted by atomic mass is 10.2. The molecule has 2 aromatic heterocycles. The molecular weight excluding hydrogens is 322 g/mol. The smallest absolute Gasteiger partial charge is 0.316 e. The van der Waals surface area contributed by atoms with Crippen molar-refractivity contribution in [1.82, 2.24) is 14.9 Å². The first-order chi connectivity index (χ1) is 12.2. The molecule has 1 aliphatic heterocycles. The molecule has 7 nitrogen and oxygen atoms in total. The molecule has 7 heteroatoms. The number of fused-ring (bicyclic) bond motifs is 1. The molecule has 3 aromatic rings. The summed E-state index contributed by atoms with van der Waals surface area (Å²) in [7, 11) is 1.61. The van der Waals surface area contributed by atoms with Gasteiger partial charge < -0.3 is 18.8 Å². The summed E-state index contributed by atoms with van der Waals surface area (Å²) < 4.78 is 16.6. The Balaban J connectivity index is 1.46. The van der Waals surface area contributed by atoms with Crippen molar-refractivity contribution in [2.75, 3.05) is 20.2 Å². The second-order valence-electron chi connectivity index (χ2n) is 5.83. The minimum absolute atomic E-state index is 0.115. The second-order valence-corrected chi connectivity index (χ2v) is 5.83. The Hall–Kier alpha value is -3.09. The van der Waals surface area contributed by atoms with Crippen LogP contribution < -0.4 is 9.47 Å². The van der Waals surface area contributed by atoms with Crippen LogP contribution in [0.3, 0.4) is 0 Å². The van der Waals surface area contributed by atoms with Crippen molar-refractivity contribution < 1.29 is 18.7 Å². The molecule has 4 rings (SSSR count). The normalized spacial score (nSPS) is 17.0. The largest absolute Gasteiger partial charge is 0.497 e. The number of ether oxygens (including phenoxy) is 2. The highest BCUT2D eigenvalue weighted by molar-refractivity contribution is 5.96. The van der Waals surface area contributed by atoms with Crippen molar-refractivity contribution in [1.29, 1.82) is 0 Å². The summed E-state index contributed by atoms with van der Waals surface area (Å²) in [6.45, 7) is 1.09. The standard InChI is InChI=1S/C18H17N3O4/c1-23-13-3-4-15-12(9-13)10-16(25-15)17(22)21-8-5-14(11-21)24-18-19-6-2-7-20-18/h2-4,6-7,9-10,14H,5,8,11H2,1H3/t14-/m0/s1. The zero-order chi connectivity index (χ0) is 17.2. The van der Waals surface area contributed by atoms with E-state index in [0.29, 0.717) is 30.4 Å². The monoisotopic (exact) mass is 339 g/mol. The average Bonchev–Trinajstić information content (AvgIpc) is 3.28. The van der Waals surface area contributed by atoms with E-state index in [4.69, 9.17) is 13.9 Å². The number of hydrogen-bond acceptors (Lipinski definition) is 6. The third kappa shape index (κ3) is 3.13. The van der Waals surface area contributed by atoms with E-state index in [1.807, 2.05) is 6.07 Å². The molecule has 3 heterocycles. The van der Waals surface area contributed by atoms with E-state index in [1.165, 1.54) is 0 Å². The molecule has 1 fully saturated rings. The van der Waals surface area contributed by atoms with Crippen LogP contribution in [0.15, 0.2) is 47.1 Å². The fourth-order valence-electron chi connectivity index (χ4n) is 2.91. The van der Waals surface area contributed by atoms with E-state index in [2.05, 4.69) is 9.97 Å². The van der Waals surface area contributed by atoms with E-state index in [9.17, 15) is 4.79 Å². The van der Waals surface area contributed by atoms with E-state index < -0.39 is 0 Å². The number of benzene rings is 1. The van der Waals surface area contributed by atoms with Gasteiger partial charge in [-0.25, -0.2) is 9.97 Å². The molecule has 0 bridgehead atoms. The summed E-state index contributed by atoms with van der Waals surface area (Å²) in [5, 5.41) is 0.840. The van der Waals surface area contributed by atoms with Gasteiger partial charge in [-0.3, -0.25) is 4.79 Å². The first kappa shape index (κ1) is 15.4. The third-order valence-electron chi connectivity index (χ3n) is 4.18. The van der Waals surface area contributed by atoms with Gasteiger partial charge in [0.2, 0.25) is 0 Å². The van der Waals surface area contributed by atoms with Crippen molar-refractivity contribution in [3.8, 4) is 11.8 Å². The molecule has 1 aliphatic rings. The third-order valence-corrected chi connectivity index (χ3v) is 4.18. The number of amides is 1. The summed E-state index contributed by atoms with van der Waals surface area (Å²) in [6, 6.07) is 9.26. The Bertz CT molecular complexity index is 894. The minimum atomic E-state index is -0.143. The van der Waals surface area contributed by atoms with Crippen LogP contribution >= 0.6 is 0 Å². The zero-order valence-corrected chi connectivity index (χ0v) is 13.7. The van der Waals surface area contributed by atoms with Crippen LogP contribution in [0.2, 0.25) is 0 Å². The number of hydrogen-bond donors (Lipinski definition) is 0. The van der Waals surface area contributed by atoms with Gasteiger partial charge in [0, 0.05) is 30.7 Å². The van der Waals surface area contributed by atoms with Crippen molar-refractivity contribution in [3.63, 3.8) is 0 Å². The van der Waals surface area contributed by atoms with Crippen molar-refractivity contribution >= 4 is 16.9 Å². The van der Waals surface area contributed by atoms with Crippen molar-refractivity contribution in [2.24, 2.45) is 0 Å². The maximum atomic E-state index is 12.7. The molecule has 0 aliphatic carbocycles. The number of furan rings is 1. The van der Waals surface area contributed by atoms with Gasteiger partial charge in [0.15, 0.2) is 5.76 Å². The predicted molar refractivity (Wildman–Crippen MR) is 89.7 cm³/mol. The second kappa shape index (κ2) is 6.43. The van der Waals surface area contributed by atoms with E-state index in [0.717, 1.165) is 17.6 Å². The van der Waals surface area contributed by atoms with Gasteiger partial charge in [0.1, 0.15) is 17.4 Å². The van der Waals surface area contributed by atoms with Crippen LogP contribution in [0, 0.1) is 0 Å². The quantitative estimate of drug-likeness (QED) is 0.727. The maximum Gasteiger partial charge on any atom is 0.316 e. The van der Waals surface area contributed by atoms with Gasteiger partial charge in [-0.1, -0.05) is 0 Å². The van der Waals surface area contributed by atoms with Crippen LogP contribution in [0.1, 0.15) is 17.0 Å². The Morgan fingerprint density at radius 1 is 1.28 bits per heavy atom. The van der Waals surface area contributed by atoms with Gasteiger partial charge in [-0.05, 0) is 30.3 Å². The fourth-order valence-corrected chi connectivity index (χ4v) is 2.91. The summed E-state index contributed by atoms with van der Waals surface area (Å²) in [6.07, 6.45) is 3.87. The first-order valence-corrected chi connectivity index (χ1v) is 8.03. The van der Waals surface area contributed by atoms with Crippen LogP contribution in [-0.4, -0.2) is 47.1 Å². The zero-order valence-electron chi connectivity index (χ0n) is 13.7. The number of methoxy groups -OCH3 is 1. The molecule has 128 valence electrons. The molecule has 0 spiro atoms. The molecule has 0 radical (unpaired) electrons. The fraction of sp³-hybridized carbons (Fsp3) is 0.278. The van der Waals surface area contributed by atoms with Crippen LogP contribution in [0.25, 0.3) is 11.0 Å². The van der Waals surface area contributed by atoms with Crippen LogP contribution in [0.5, 0.6) is 11.8 Å². The van der Waals surface area contributed by atoms with Crippen molar-refractivity contribution in [3.05, 3.63) is 48.5 Å². The topological polar surface area (TPSA) is 77.7 Å². The number of carbonyl (C=O) groups is 1. The van der Waals surface area contributed by atoms with E-state index in [-0.39, 0.29) is 12.0 Å². The summed E-state index contributed by atoms with van der Waals surface area (Å²) in [5.74, 6) is 0.903. The Labute approximate surface area is 144 Å². The van der Waals surface area contributed by atoms with Gasteiger partial charge in [-0.15, -0.1) is 0 Å². The number of aromatic nitrogens is 2. The molecule has 0 unspecified atom stereocenters. The number of carbonyl (C=O) groups excluding carboxylic acids is 1. The predicted octanol–water partition coefficient (Wildman–Crippen LogP) is 2.52. The van der Waals surface area contributed by atoms with Crippen LogP contribution in [-0.2, 0) is 0 Å². The van der Waals surface area contributed by atoms with Gasteiger partial charge in [0.25, 0.3) is 5.91 Å². The summed E-state index contributed by atoms with van der Waals surface area (Å²) in [5.41, 5.74) is 0.661. The molecule has 25 heavy (non-hydrogen) atoms. The number of nitrogens with zero attached hydrogens (tertiary/aromatic N) is 3. The minimum Gasteiger partial charge on any atom is -0.497 e. The highest BCUT2D eigenvalue weighted by Crippen LogP contribution is 2.26. The highest BCUT2D eigenvalue weighted by atomic mass is 16.5. The Morgan fingerprint density at radius 3 is 2.92 bits per heavy atom. The molecule has 1 atom stereocenters. The van der Waals surface area contributed by atoms with E-state index >= 15 is 0 Å². The molecule has 1 saturated heterocycles. The highest BCUT2D eigenvalue weighted by Gasteiger charge is 2.30. The lowest BCUT2D eigenvalue weighted by molar-refractivity contribution is 0.0741. The number of rotatable bonds is 4. The Kier molecular flexibility index (Phi) is 3.97. The number of likely N-dealkylation sites (tertiary alicyclic amines) is 1. The van der Waals surface area contributed by atoms with E-state index in [1.54, 1.807) is 48.7 Å². The van der Waals surface area contributed by atoms with Gasteiger partial charge in [0.05, 0.1) is 13.7 Å². The van der Waals surface area contributed by atoms with Crippen molar-refractivity contribution in [2.45, 2.75) is 12.5 Å². The lowest BCUT2D eigenvalue weighted by Gasteiger charge is -2.15. The summed E-state index contributed by atoms with van der Waals surface area (Å²) >= 11 is 0. The SMILES string of the molecule is COc1ccc2oc(C(=O)N3CC[C@H](Oc4ncccn4)C3)cc2c1. The van der Waals surface area contributed by atoms with Gasteiger partial charge >= 0.3 is 6.01 Å². The first-order valence-electron chi connectivity index (χ1n) is 8.03. The molecule has 0 N–H and O–H groups in total. The molecule has 1 amide bonds. The lowest BCUT2D eigenvalue weighted by Crippen LogP contribution is -2.30.